The zero-order valence-corrected chi connectivity index (χ0v) is 12.3. The Morgan fingerprint density at radius 1 is 1.43 bits per heavy atom. The summed E-state index contributed by atoms with van der Waals surface area (Å²) >= 11 is 1.65. The van der Waals surface area contributed by atoms with Crippen LogP contribution in [-0.4, -0.2) is 65.8 Å². The minimum Gasteiger partial charge on any atom is -0.464 e. The lowest BCUT2D eigenvalue weighted by molar-refractivity contribution is -0.154. The number of hydrogen-bond donors (Lipinski definition) is 0. The van der Waals surface area contributed by atoms with Crippen molar-refractivity contribution < 1.29 is 14.3 Å². The number of carbonyl (C=O) groups excluding carboxylic acids is 2. The van der Waals surface area contributed by atoms with Crippen molar-refractivity contribution in [2.24, 2.45) is 0 Å². The van der Waals surface area contributed by atoms with Gasteiger partial charge in [-0.2, -0.15) is 0 Å². The summed E-state index contributed by atoms with van der Waals surface area (Å²) in [5.41, 5.74) is 1.14. The predicted octanol–water partition coefficient (Wildman–Crippen LogP) is 2.11. The van der Waals surface area contributed by atoms with Crippen LogP contribution in [0, 0.1) is 0 Å². The van der Waals surface area contributed by atoms with Gasteiger partial charge in [0.15, 0.2) is 0 Å². The van der Waals surface area contributed by atoms with Crippen molar-refractivity contribution >= 4 is 38.3 Å². The topological polar surface area (TPSA) is 49.9 Å². The van der Waals surface area contributed by atoms with Crippen molar-refractivity contribution in [3.63, 3.8) is 0 Å². The van der Waals surface area contributed by atoms with Crippen molar-refractivity contribution in [1.29, 1.82) is 0 Å². The monoisotopic (exact) mass is 334 g/mol. The Morgan fingerprint density at radius 2 is 2.00 bits per heavy atom. The van der Waals surface area contributed by atoms with E-state index in [-0.39, 0.29) is 39.6 Å². The molecule has 0 aromatic rings. The van der Waals surface area contributed by atoms with Crippen LogP contribution in [0.25, 0.3) is 0 Å². The van der Waals surface area contributed by atoms with E-state index in [1.54, 1.807) is 17.6 Å². The van der Waals surface area contributed by atoms with Gasteiger partial charge in [0, 0.05) is 5.75 Å². The van der Waals surface area contributed by atoms with Gasteiger partial charge in [-0.25, -0.2) is 4.79 Å². The summed E-state index contributed by atoms with van der Waals surface area (Å²) in [5.74, 6) is 1.84. The molecule has 2 atom stereocenters. The van der Waals surface area contributed by atoms with Gasteiger partial charge in [0.25, 0.3) is 0 Å². The van der Waals surface area contributed by atoms with Gasteiger partial charge < -0.3 is 4.74 Å². The number of fused-ring (bicyclic) bond motifs is 1. The molecule has 2 rings (SSSR count). The van der Waals surface area contributed by atoms with Crippen LogP contribution in [0.2, 0.25) is 0 Å². The maximum absolute atomic E-state index is 12.1. The predicted molar refractivity (Wildman–Crippen MR) is 94.2 cm³/mol. The lowest BCUT2D eigenvalue weighted by Crippen LogP contribution is -2.69. The van der Waals surface area contributed by atoms with Gasteiger partial charge in [-0.1, -0.05) is 22.3 Å². The highest BCUT2D eigenvalue weighted by Gasteiger charge is 2.54. The minimum atomic E-state index is -0.463. The molecule has 0 aliphatic carbocycles. The second-order valence-electron chi connectivity index (χ2n) is 4.33. The van der Waals surface area contributed by atoms with Crippen molar-refractivity contribution in [3.8, 4) is 0 Å². The van der Waals surface area contributed by atoms with Crippen molar-refractivity contribution in [1.82, 2.24) is 9.80 Å². The Morgan fingerprint density at radius 3 is 2.43 bits per heavy atom. The average Bonchev–Trinajstić information content (AvgIpc) is 2.35. The third-order valence-electron chi connectivity index (χ3n) is 3.08. The SMILES string of the molecule is C.C.C.COC(=O)C1=C(C=P)CSC2C(N(C)C)C(=O)N12. The van der Waals surface area contributed by atoms with E-state index in [1.807, 2.05) is 19.0 Å². The molecule has 0 spiro atoms. The number of likely N-dealkylation sites (N-methyl/N-ethyl adjacent to an activating group) is 1. The largest absolute Gasteiger partial charge is 0.464 e. The standard InChI is InChI=1S/C11H15N2O3PS.3CH4/c1-12(2)8-9(14)13-7(11(15)16-3)6(4-17)5-18-10(8)13;;;/h4,8,10,17H,5H2,1-3H3;3*1H4. The van der Waals surface area contributed by atoms with Crippen LogP contribution in [0.4, 0.5) is 0 Å². The Kier molecular flexibility index (Phi) is 9.15. The number of hydrogen-bond acceptors (Lipinski definition) is 5. The molecule has 0 N–H and O–H groups in total. The summed E-state index contributed by atoms with van der Waals surface area (Å²) in [5, 5.41) is -0.00281. The Hall–Kier alpha value is -0.840. The highest BCUT2D eigenvalue weighted by Crippen LogP contribution is 2.41. The first-order valence-electron chi connectivity index (χ1n) is 5.46. The first-order valence-corrected chi connectivity index (χ1v) is 7.08. The van der Waals surface area contributed by atoms with Gasteiger partial charge in [0.2, 0.25) is 5.91 Å². The van der Waals surface area contributed by atoms with E-state index in [9.17, 15) is 9.59 Å². The van der Waals surface area contributed by atoms with Gasteiger partial charge in [-0.3, -0.25) is 14.6 Å². The van der Waals surface area contributed by atoms with E-state index in [0.717, 1.165) is 5.57 Å². The molecule has 0 aromatic heterocycles. The number of rotatable bonds is 3. The molecule has 2 aliphatic heterocycles. The lowest BCUT2D eigenvalue weighted by atomic mass is 10.0. The summed E-state index contributed by atoms with van der Waals surface area (Å²) in [6.45, 7) is 0. The molecule has 2 heterocycles. The van der Waals surface area contributed by atoms with Crippen molar-refractivity contribution in [2.45, 2.75) is 33.7 Å². The van der Waals surface area contributed by atoms with E-state index >= 15 is 0 Å². The lowest BCUT2D eigenvalue weighted by Gasteiger charge is -2.51. The molecule has 0 radical (unpaired) electrons. The second-order valence-corrected chi connectivity index (χ2v) is 5.72. The Balaban J connectivity index is 0. The summed E-state index contributed by atoms with van der Waals surface area (Å²) in [4.78, 5) is 27.4. The molecule has 2 unspecified atom stereocenters. The average molecular weight is 334 g/mol. The van der Waals surface area contributed by atoms with Gasteiger partial charge in [0.05, 0.1) is 7.11 Å². The van der Waals surface area contributed by atoms with Gasteiger partial charge >= 0.3 is 5.97 Å². The van der Waals surface area contributed by atoms with Gasteiger partial charge in [-0.15, -0.1) is 20.6 Å². The minimum absolute atomic E-state index is 0. The fraction of sp³-hybridized carbons (Fsp3) is 0.643. The van der Waals surface area contributed by atoms with E-state index < -0.39 is 5.97 Å². The fourth-order valence-corrected chi connectivity index (χ4v) is 4.02. The molecule has 122 valence electrons. The van der Waals surface area contributed by atoms with Crippen LogP contribution in [0.5, 0.6) is 0 Å². The molecule has 5 nitrogen and oxygen atoms in total. The summed E-state index contributed by atoms with van der Waals surface area (Å²) in [6.07, 6.45) is 0. The van der Waals surface area contributed by atoms with Crippen LogP contribution in [0.3, 0.4) is 0 Å². The van der Waals surface area contributed by atoms with Crippen molar-refractivity contribution in [2.75, 3.05) is 27.0 Å². The first-order chi connectivity index (χ1) is 8.52. The molecule has 1 fully saturated rings. The number of amides is 1. The molecular formula is C14H27N2O3PS. The Bertz CT molecular complexity index is 452. The third kappa shape index (κ3) is 3.50. The van der Waals surface area contributed by atoms with Gasteiger partial charge in [0.1, 0.15) is 17.1 Å². The number of ether oxygens (including phenoxy) is 1. The van der Waals surface area contributed by atoms with Crippen LogP contribution < -0.4 is 0 Å². The van der Waals surface area contributed by atoms with Gasteiger partial charge in [-0.05, 0) is 25.5 Å². The van der Waals surface area contributed by atoms with E-state index in [0.29, 0.717) is 11.4 Å². The highest BCUT2D eigenvalue weighted by molar-refractivity contribution is 8.00. The highest BCUT2D eigenvalue weighted by atomic mass is 32.2. The zero-order valence-electron chi connectivity index (χ0n) is 10.5. The van der Waals surface area contributed by atoms with Crippen molar-refractivity contribution in [3.05, 3.63) is 11.3 Å². The maximum atomic E-state index is 12.1. The number of β-lactam (4-membered cyclic amide) rings is 1. The summed E-state index contributed by atoms with van der Waals surface area (Å²) in [7, 11) is 8.34. The van der Waals surface area contributed by atoms with E-state index in [2.05, 4.69) is 8.86 Å². The molecule has 0 bridgehead atoms. The van der Waals surface area contributed by atoms with Crippen LogP contribution >= 0.6 is 20.6 Å². The summed E-state index contributed by atoms with van der Waals surface area (Å²) in [6, 6.07) is -0.161. The smallest absolute Gasteiger partial charge is 0.355 e. The molecule has 0 aromatic carbocycles. The number of thioether (sulfide) groups is 1. The molecule has 2 aliphatic rings. The second kappa shape index (κ2) is 8.57. The quantitative estimate of drug-likeness (QED) is 0.449. The summed E-state index contributed by atoms with van der Waals surface area (Å²) < 4.78 is 4.76. The number of carbonyl (C=O) groups is 2. The fourth-order valence-electron chi connectivity index (χ4n) is 2.16. The van der Waals surface area contributed by atoms with Crippen LogP contribution in [0.1, 0.15) is 22.3 Å². The van der Waals surface area contributed by atoms with Crippen LogP contribution in [-0.2, 0) is 14.3 Å². The Labute approximate surface area is 134 Å². The molecule has 21 heavy (non-hydrogen) atoms. The molecular weight excluding hydrogens is 307 g/mol. The normalized spacial score (nSPS) is 23.0. The molecule has 7 heteroatoms. The van der Waals surface area contributed by atoms with E-state index in [1.165, 1.54) is 12.0 Å². The number of methoxy groups -OCH3 is 1. The number of esters is 1. The zero-order chi connectivity index (χ0) is 13.4. The number of nitrogens with zero attached hydrogens (tertiary/aromatic N) is 2. The molecule has 1 amide bonds. The molecule has 1 saturated heterocycles. The van der Waals surface area contributed by atoms with E-state index in [4.69, 9.17) is 4.74 Å². The molecule has 0 saturated carbocycles. The maximum Gasteiger partial charge on any atom is 0.355 e. The third-order valence-corrected chi connectivity index (χ3v) is 4.72. The van der Waals surface area contributed by atoms with Crippen LogP contribution in [0.15, 0.2) is 11.3 Å². The first kappa shape index (κ1) is 22.4.